The van der Waals surface area contributed by atoms with Crippen molar-refractivity contribution in [2.24, 2.45) is 5.92 Å². The van der Waals surface area contributed by atoms with Gasteiger partial charge in [-0.3, -0.25) is 14.6 Å². The van der Waals surface area contributed by atoms with Crippen LogP contribution in [0.1, 0.15) is 51.8 Å². The zero-order valence-electron chi connectivity index (χ0n) is 30.1. The minimum atomic E-state index is -0.746. The largest absolute Gasteiger partial charge is 0.496 e. The summed E-state index contributed by atoms with van der Waals surface area (Å²) < 4.78 is 12.0. The first kappa shape index (κ1) is 35.6. The average molecular weight is 708 g/mol. The van der Waals surface area contributed by atoms with E-state index in [-0.39, 0.29) is 12.0 Å². The summed E-state index contributed by atoms with van der Waals surface area (Å²) in [5, 5.41) is 29.8. The number of aryl methyl sites for hydroxylation is 1. The number of hydrogen-bond acceptors (Lipinski definition) is 8. The maximum atomic E-state index is 11.5. The van der Waals surface area contributed by atoms with E-state index in [2.05, 4.69) is 26.8 Å². The van der Waals surface area contributed by atoms with E-state index in [0.717, 1.165) is 75.3 Å². The third-order valence-corrected chi connectivity index (χ3v) is 10.5. The Morgan fingerprint density at radius 3 is 2.47 bits per heavy atom. The smallest absolute Gasteiger partial charge is 0.307 e. The van der Waals surface area contributed by atoms with Crippen molar-refractivity contribution >= 4 is 34.9 Å². The number of methoxy groups -OCH3 is 1. The molecule has 0 radical (unpaired) electrons. The molecule has 0 amide bonds. The minimum absolute atomic E-state index is 0.319. The summed E-state index contributed by atoms with van der Waals surface area (Å²) in [6.07, 6.45) is 5.02. The molecule has 2 N–H and O–H groups in total. The third kappa shape index (κ3) is 7.31. The highest BCUT2D eigenvalue weighted by atomic mass is 16.5. The van der Waals surface area contributed by atoms with E-state index in [4.69, 9.17) is 20.7 Å². The lowest BCUT2D eigenvalue weighted by Crippen LogP contribution is -2.23. The Kier molecular flexibility index (Phi) is 10.1. The van der Waals surface area contributed by atoms with E-state index in [1.165, 1.54) is 0 Å². The predicted molar refractivity (Wildman–Crippen MR) is 204 cm³/mol. The SMILES string of the molecule is [C-]#[N+]c1cc(CN2CC[C@@H](O)C2)cc2nc(-c3cccc(-c4cccc(/C=C/c5cc(OC)c(CN6CC[C@@H](C(=O)O)C6)cc5C)c4C#N)c3C)oc12. The summed E-state index contributed by atoms with van der Waals surface area (Å²) in [7, 11) is 1.64. The Labute approximate surface area is 309 Å². The van der Waals surface area contributed by atoms with Gasteiger partial charge in [-0.05, 0) is 90.9 Å². The first-order valence-electron chi connectivity index (χ1n) is 17.8. The molecule has 0 bridgehead atoms. The van der Waals surface area contributed by atoms with Gasteiger partial charge in [0.15, 0.2) is 5.58 Å². The number of benzene rings is 4. The van der Waals surface area contributed by atoms with E-state index < -0.39 is 5.97 Å². The second-order valence-electron chi connectivity index (χ2n) is 14.0. The van der Waals surface area contributed by atoms with Crippen LogP contribution in [0.15, 0.2) is 65.1 Å². The van der Waals surface area contributed by atoms with Crippen molar-refractivity contribution in [3.8, 4) is 34.4 Å². The fourth-order valence-corrected chi connectivity index (χ4v) is 7.65. The van der Waals surface area contributed by atoms with Crippen LogP contribution in [0.3, 0.4) is 0 Å². The molecule has 10 heteroatoms. The highest BCUT2D eigenvalue weighted by Gasteiger charge is 2.28. The summed E-state index contributed by atoms with van der Waals surface area (Å²) in [5.41, 5.74) is 10.1. The highest BCUT2D eigenvalue weighted by molar-refractivity contribution is 5.90. The molecule has 0 unspecified atom stereocenters. The number of likely N-dealkylation sites (tertiary alicyclic amines) is 2. The lowest BCUT2D eigenvalue weighted by molar-refractivity contribution is -0.141. The van der Waals surface area contributed by atoms with Gasteiger partial charge in [0.25, 0.3) is 0 Å². The van der Waals surface area contributed by atoms with Gasteiger partial charge in [-0.25, -0.2) is 9.83 Å². The average Bonchev–Trinajstić information content (AvgIpc) is 3.91. The molecule has 0 aliphatic carbocycles. The first-order valence-corrected chi connectivity index (χ1v) is 17.8. The van der Waals surface area contributed by atoms with E-state index in [1.54, 1.807) is 7.11 Å². The number of nitrogens with zero attached hydrogens (tertiary/aromatic N) is 5. The summed E-state index contributed by atoms with van der Waals surface area (Å²) in [4.78, 5) is 24.4. The van der Waals surface area contributed by atoms with E-state index in [9.17, 15) is 20.3 Å². The number of hydrogen-bond donors (Lipinski definition) is 2. The zero-order valence-corrected chi connectivity index (χ0v) is 30.1. The van der Waals surface area contributed by atoms with Gasteiger partial charge in [0.05, 0.1) is 36.8 Å². The molecule has 2 saturated heterocycles. The van der Waals surface area contributed by atoms with Crippen LogP contribution in [0.25, 0.3) is 50.7 Å². The molecule has 2 atom stereocenters. The van der Waals surface area contributed by atoms with E-state index >= 15 is 0 Å². The van der Waals surface area contributed by atoms with Crippen LogP contribution in [-0.4, -0.2) is 70.4 Å². The second kappa shape index (κ2) is 15.1. The van der Waals surface area contributed by atoms with E-state index in [1.807, 2.05) is 80.6 Å². The van der Waals surface area contributed by atoms with Gasteiger partial charge < -0.3 is 19.4 Å². The summed E-state index contributed by atoms with van der Waals surface area (Å²) in [6, 6.07) is 22.0. The lowest BCUT2D eigenvalue weighted by Gasteiger charge is -2.19. The normalized spacial score (nSPS) is 17.8. The standard InChI is InChI=1S/C43H41N5O5/c1-26-17-32(24-48-15-13-31(23-48)43(50)51)40(52-4)20-30(26)12-11-29-7-5-10-36(37(29)21-44)34-8-6-9-35(27(34)2)42-46-39-19-28(18-38(45-3)41(39)53-42)22-47-16-14-33(49)25-47/h5-12,17-20,31,33,49H,13-16,22-25H2,1-2,4H3,(H,50,51)/b12-11+/t31-,33-/m1/s1. The van der Waals surface area contributed by atoms with Crippen LogP contribution >= 0.6 is 0 Å². The molecule has 2 fully saturated rings. The van der Waals surface area contributed by atoms with Gasteiger partial charge >= 0.3 is 5.97 Å². The number of oxazole rings is 1. The fraction of sp³-hybridized carbons (Fsp3) is 0.302. The number of carbonyl (C=O) groups is 1. The van der Waals surface area contributed by atoms with Crippen molar-refractivity contribution in [2.75, 3.05) is 33.3 Å². The molecule has 2 aliphatic rings. The number of aliphatic carboxylic acids is 1. The zero-order chi connectivity index (χ0) is 37.2. The van der Waals surface area contributed by atoms with E-state index in [0.29, 0.717) is 60.8 Å². The Morgan fingerprint density at radius 2 is 1.75 bits per heavy atom. The topological polar surface area (TPSA) is 127 Å². The van der Waals surface area contributed by atoms with Crippen LogP contribution in [-0.2, 0) is 17.9 Å². The van der Waals surface area contributed by atoms with Crippen LogP contribution in [0.5, 0.6) is 5.75 Å². The monoisotopic (exact) mass is 707 g/mol. The van der Waals surface area contributed by atoms with Gasteiger partial charge in [-0.1, -0.05) is 48.6 Å². The number of aliphatic hydroxyl groups is 1. The van der Waals surface area contributed by atoms with Crippen molar-refractivity contribution in [2.45, 2.75) is 45.9 Å². The number of rotatable bonds is 10. The molecule has 0 saturated carbocycles. The highest BCUT2D eigenvalue weighted by Crippen LogP contribution is 2.38. The van der Waals surface area contributed by atoms with Crippen LogP contribution in [0, 0.1) is 37.7 Å². The van der Waals surface area contributed by atoms with Gasteiger partial charge in [-0.15, -0.1) is 0 Å². The van der Waals surface area contributed by atoms with Gasteiger partial charge in [0.1, 0.15) is 11.8 Å². The Morgan fingerprint density at radius 1 is 1.02 bits per heavy atom. The molecule has 268 valence electrons. The summed E-state index contributed by atoms with van der Waals surface area (Å²) in [5.74, 6) is 0.0642. The Bertz CT molecular complexity index is 2330. The molecule has 10 nitrogen and oxygen atoms in total. The summed E-state index contributed by atoms with van der Waals surface area (Å²) >= 11 is 0. The van der Waals surface area contributed by atoms with Gasteiger partial charge in [0.2, 0.25) is 11.6 Å². The van der Waals surface area contributed by atoms with Crippen molar-refractivity contribution in [1.82, 2.24) is 14.8 Å². The molecule has 2 aliphatic heterocycles. The van der Waals surface area contributed by atoms with Crippen molar-refractivity contribution in [3.05, 3.63) is 111 Å². The molecule has 7 rings (SSSR count). The van der Waals surface area contributed by atoms with Crippen molar-refractivity contribution in [1.29, 1.82) is 5.26 Å². The van der Waals surface area contributed by atoms with Gasteiger partial charge in [-0.2, -0.15) is 5.26 Å². The molecular formula is C43H41N5O5. The maximum Gasteiger partial charge on any atom is 0.307 e. The molecular weight excluding hydrogens is 667 g/mol. The van der Waals surface area contributed by atoms with Crippen molar-refractivity contribution < 1.29 is 24.2 Å². The Hall–Kier alpha value is -5.78. The number of nitriles is 1. The number of carboxylic acids is 1. The molecule has 4 aromatic carbocycles. The first-order chi connectivity index (χ1) is 25.6. The predicted octanol–water partition coefficient (Wildman–Crippen LogP) is 7.85. The fourth-order valence-electron chi connectivity index (χ4n) is 7.65. The Balaban J connectivity index is 1.17. The quantitative estimate of drug-likeness (QED) is 0.110. The molecule has 53 heavy (non-hydrogen) atoms. The lowest BCUT2D eigenvalue weighted by atomic mass is 9.91. The number of aliphatic hydroxyl groups excluding tert-OH is 1. The second-order valence-corrected chi connectivity index (χ2v) is 14.0. The summed E-state index contributed by atoms with van der Waals surface area (Å²) in [6.45, 7) is 15.8. The van der Waals surface area contributed by atoms with Gasteiger partial charge in [0, 0.05) is 49.4 Å². The molecule has 0 spiro atoms. The number of aromatic nitrogens is 1. The molecule has 3 heterocycles. The number of carboxylic acid groups (broad SMARTS) is 1. The van der Waals surface area contributed by atoms with Crippen LogP contribution in [0.4, 0.5) is 5.69 Å². The number of ether oxygens (including phenoxy) is 1. The van der Waals surface area contributed by atoms with Crippen molar-refractivity contribution in [3.63, 3.8) is 0 Å². The van der Waals surface area contributed by atoms with Crippen LogP contribution in [0.2, 0.25) is 0 Å². The third-order valence-electron chi connectivity index (χ3n) is 10.5. The molecule has 1 aromatic heterocycles. The maximum absolute atomic E-state index is 11.5. The number of β-amino-alcohol motifs (C(OH)–C–C–N with tert-alkyl or cyclic N) is 1. The number of fused-ring (bicyclic) bond motifs is 1. The minimum Gasteiger partial charge on any atom is -0.496 e. The van der Waals surface area contributed by atoms with Crippen LogP contribution < -0.4 is 4.74 Å². The molecule has 5 aromatic rings.